The Morgan fingerprint density at radius 2 is 1.59 bits per heavy atom. The number of aliphatic hydroxyl groups is 1. The number of ether oxygens (including phenoxy) is 7. The monoisotopic (exact) mass is 792 g/mol. The van der Waals surface area contributed by atoms with Gasteiger partial charge in [-0.05, 0) is 76.8 Å². The first-order valence-electron chi connectivity index (χ1n) is 20.0. The van der Waals surface area contributed by atoms with Crippen molar-refractivity contribution in [2.24, 2.45) is 0 Å². The van der Waals surface area contributed by atoms with Crippen molar-refractivity contribution in [1.82, 2.24) is 9.80 Å². The number of aryl methyl sites for hydroxylation is 1. The van der Waals surface area contributed by atoms with Gasteiger partial charge in [0.2, 0.25) is 6.79 Å². The number of amides is 1. The second-order valence-corrected chi connectivity index (χ2v) is 16.2. The summed E-state index contributed by atoms with van der Waals surface area (Å²) in [5.41, 5.74) is 6.45. The zero-order valence-corrected chi connectivity index (χ0v) is 34.7. The topological polar surface area (TPSA) is 108 Å². The molecule has 0 unspecified atom stereocenters. The van der Waals surface area contributed by atoms with Crippen LogP contribution in [0.3, 0.4) is 0 Å². The van der Waals surface area contributed by atoms with Crippen LogP contribution in [-0.2, 0) is 35.5 Å². The molecule has 4 aromatic carbocycles. The quantitative estimate of drug-likeness (QED) is 0.133. The van der Waals surface area contributed by atoms with E-state index in [1.165, 1.54) is 0 Å². The third kappa shape index (κ3) is 8.08. The molecule has 58 heavy (non-hydrogen) atoms. The molecular weight excluding hydrogens is 737 g/mol. The highest BCUT2D eigenvalue weighted by molar-refractivity contribution is 5.74. The molecule has 7 rings (SSSR count). The Balaban J connectivity index is 1.47. The zero-order valence-electron chi connectivity index (χ0n) is 34.7. The first-order chi connectivity index (χ1) is 27.9. The molecule has 11 heteroatoms. The number of aliphatic hydroxyl groups excluding tert-OH is 1. The van der Waals surface area contributed by atoms with E-state index in [-0.39, 0.29) is 32.7 Å². The summed E-state index contributed by atoms with van der Waals surface area (Å²) in [6, 6.07) is 20.0. The molecule has 3 aliphatic rings. The molecule has 0 saturated carbocycles. The van der Waals surface area contributed by atoms with E-state index in [0.717, 1.165) is 44.5 Å². The van der Waals surface area contributed by atoms with E-state index < -0.39 is 29.8 Å². The molecule has 0 spiro atoms. The summed E-state index contributed by atoms with van der Waals surface area (Å²) in [7, 11) is 3.64. The van der Waals surface area contributed by atoms with Crippen molar-refractivity contribution in [2.45, 2.75) is 90.4 Å². The van der Waals surface area contributed by atoms with Crippen LogP contribution in [0.25, 0.3) is 0 Å². The molecule has 3 heterocycles. The van der Waals surface area contributed by atoms with Crippen molar-refractivity contribution >= 4 is 6.09 Å². The number of fused-ring (bicyclic) bond motifs is 4. The van der Waals surface area contributed by atoms with Gasteiger partial charge in [0.15, 0.2) is 23.0 Å². The van der Waals surface area contributed by atoms with Crippen molar-refractivity contribution in [2.75, 3.05) is 40.8 Å². The Morgan fingerprint density at radius 1 is 0.914 bits per heavy atom. The summed E-state index contributed by atoms with van der Waals surface area (Å²) < 4.78 is 44.8. The van der Waals surface area contributed by atoms with Gasteiger partial charge in [0, 0.05) is 28.3 Å². The molecule has 0 radical (unpaired) electrons. The lowest BCUT2D eigenvalue weighted by atomic mass is 9.77. The van der Waals surface area contributed by atoms with Gasteiger partial charge in [0.05, 0.1) is 45.1 Å². The van der Waals surface area contributed by atoms with Crippen LogP contribution >= 0.6 is 0 Å². The van der Waals surface area contributed by atoms with Crippen molar-refractivity contribution in [3.05, 3.63) is 124 Å². The Morgan fingerprint density at radius 3 is 2.22 bits per heavy atom. The van der Waals surface area contributed by atoms with Crippen LogP contribution in [0.4, 0.5) is 4.79 Å². The van der Waals surface area contributed by atoms with Gasteiger partial charge in [-0.15, -0.1) is 0 Å². The van der Waals surface area contributed by atoms with E-state index >= 15 is 4.79 Å². The fourth-order valence-electron chi connectivity index (χ4n) is 8.74. The van der Waals surface area contributed by atoms with Crippen LogP contribution in [0.1, 0.15) is 77.4 Å². The molecule has 0 aromatic heterocycles. The number of nitrogens with zero attached hydrogens (tertiary/aromatic N) is 2. The second-order valence-electron chi connectivity index (χ2n) is 16.2. The van der Waals surface area contributed by atoms with Crippen molar-refractivity contribution in [3.63, 3.8) is 0 Å². The normalized spacial score (nSPS) is 19.9. The molecule has 11 nitrogen and oxygen atoms in total. The number of benzene rings is 4. The van der Waals surface area contributed by atoms with E-state index in [0.29, 0.717) is 54.8 Å². The average molecular weight is 793 g/mol. The van der Waals surface area contributed by atoms with E-state index in [2.05, 4.69) is 17.5 Å². The van der Waals surface area contributed by atoms with E-state index in [9.17, 15) is 5.11 Å². The average Bonchev–Trinajstić information content (AvgIpc) is 3.70. The smallest absolute Gasteiger partial charge is 0.411 e. The molecular formula is C47H56N2O9. The lowest BCUT2D eigenvalue weighted by Gasteiger charge is -2.51. The molecule has 1 amide bonds. The minimum absolute atomic E-state index is 0.0261. The number of hydrogen-bond donors (Lipinski definition) is 1. The fraction of sp³-hybridized carbons (Fsp3) is 0.426. The first kappa shape index (κ1) is 40.9. The zero-order chi connectivity index (χ0) is 41.1. The Hall–Kier alpha value is -5.23. The predicted molar refractivity (Wildman–Crippen MR) is 221 cm³/mol. The molecule has 0 fully saturated rings. The van der Waals surface area contributed by atoms with Gasteiger partial charge in [-0.1, -0.05) is 79.4 Å². The van der Waals surface area contributed by atoms with E-state index in [1.54, 1.807) is 13.2 Å². The lowest BCUT2D eigenvalue weighted by molar-refractivity contribution is -0.0422. The highest BCUT2D eigenvalue weighted by Gasteiger charge is 2.51. The molecule has 0 bridgehead atoms. The Kier molecular flexibility index (Phi) is 12.2. The molecule has 0 saturated heterocycles. The number of carbonyl (C=O) groups is 1. The minimum Gasteiger partial charge on any atom is -0.493 e. The highest BCUT2D eigenvalue weighted by atomic mass is 16.7. The molecule has 1 N–H and O–H groups in total. The van der Waals surface area contributed by atoms with E-state index in [1.807, 2.05) is 107 Å². The lowest BCUT2D eigenvalue weighted by Crippen LogP contribution is -2.58. The maximum Gasteiger partial charge on any atom is 0.411 e. The van der Waals surface area contributed by atoms with Gasteiger partial charge < -0.3 is 38.3 Å². The van der Waals surface area contributed by atoms with Crippen LogP contribution in [0.5, 0.6) is 28.7 Å². The Labute approximate surface area is 342 Å². The summed E-state index contributed by atoms with van der Waals surface area (Å²) in [6.45, 7) is 14.4. The van der Waals surface area contributed by atoms with Crippen molar-refractivity contribution in [1.29, 1.82) is 0 Å². The molecule has 4 atom stereocenters. The van der Waals surface area contributed by atoms with Gasteiger partial charge in [0.25, 0.3) is 0 Å². The van der Waals surface area contributed by atoms with Crippen molar-refractivity contribution in [3.8, 4) is 28.7 Å². The number of rotatable bonds is 13. The molecule has 3 aliphatic heterocycles. The number of likely N-dealkylation sites (N-methyl/N-ethyl adjacent to an activating group) is 1. The van der Waals surface area contributed by atoms with Crippen LogP contribution in [-0.4, -0.2) is 79.5 Å². The van der Waals surface area contributed by atoms with Gasteiger partial charge in [0.1, 0.15) is 24.6 Å². The van der Waals surface area contributed by atoms with Crippen LogP contribution < -0.4 is 23.7 Å². The predicted octanol–water partition coefficient (Wildman–Crippen LogP) is 8.19. The summed E-state index contributed by atoms with van der Waals surface area (Å²) in [6.07, 6.45) is 2.11. The summed E-state index contributed by atoms with van der Waals surface area (Å²) in [4.78, 5) is 19.1. The summed E-state index contributed by atoms with van der Waals surface area (Å²) >= 11 is 0. The fourth-order valence-corrected chi connectivity index (χ4v) is 8.74. The number of hydrogen-bond acceptors (Lipinski definition) is 10. The van der Waals surface area contributed by atoms with Gasteiger partial charge >= 0.3 is 6.09 Å². The maximum atomic E-state index is 15.1. The first-order valence-corrected chi connectivity index (χ1v) is 20.0. The van der Waals surface area contributed by atoms with Crippen LogP contribution in [0.2, 0.25) is 0 Å². The van der Waals surface area contributed by atoms with Gasteiger partial charge in [-0.25, -0.2) is 4.79 Å². The Bertz CT molecular complexity index is 2100. The highest BCUT2D eigenvalue weighted by Crippen LogP contribution is 2.56. The van der Waals surface area contributed by atoms with Gasteiger partial charge in [-0.2, -0.15) is 0 Å². The molecule has 4 aromatic rings. The third-order valence-corrected chi connectivity index (χ3v) is 11.2. The van der Waals surface area contributed by atoms with Crippen molar-refractivity contribution < 1.29 is 43.1 Å². The molecule has 0 aliphatic carbocycles. The SMILES string of the molecule is C=CCOc1c(OC)c(C)cc2c1[C@H]([C@@H]1Cc3c(OCc4ccccc4)c(C)c4c(c3[C@H](COCc3ccccc3)N1C(=O)OC(C)(C)C)OCO4)N(C)[C@H](CO)C2. The van der Waals surface area contributed by atoms with Crippen LogP contribution in [0, 0.1) is 13.8 Å². The standard InChI is InChI=1S/C47H56N2O9/c1-9-20-54-44-38-33(21-29(2)41(44)52-8)22-34(24-50)48(7)40(38)36-23-35-39(45-43(56-28-57-45)30(3)42(35)55-26-32-18-14-11-15-19-32)37(49(36)46(51)58-47(4,5)6)27-53-25-31-16-12-10-13-17-31/h9-19,21,34,36-37,40,50H,1,20,22-28H2,2-8H3/t34-,36-,37-,40-/m0/s1. The van der Waals surface area contributed by atoms with Crippen LogP contribution in [0.15, 0.2) is 79.4 Å². The van der Waals surface area contributed by atoms with E-state index in [4.69, 9.17) is 33.2 Å². The molecule has 308 valence electrons. The summed E-state index contributed by atoms with van der Waals surface area (Å²) in [5, 5.41) is 10.9. The number of carbonyl (C=O) groups excluding carboxylic acids is 1. The second kappa shape index (κ2) is 17.3. The number of methoxy groups -OCH3 is 1. The van der Waals surface area contributed by atoms with Gasteiger partial charge in [-0.3, -0.25) is 9.80 Å². The largest absolute Gasteiger partial charge is 0.493 e. The minimum atomic E-state index is -0.821. The third-order valence-electron chi connectivity index (χ3n) is 11.2. The summed E-state index contributed by atoms with van der Waals surface area (Å²) in [5.74, 6) is 3.01. The maximum absolute atomic E-state index is 15.1.